The summed E-state index contributed by atoms with van der Waals surface area (Å²) in [5.41, 5.74) is 1.80. The molecule has 0 saturated carbocycles. The van der Waals surface area contributed by atoms with Crippen molar-refractivity contribution in [3.05, 3.63) is 54.8 Å². The fourth-order valence-electron chi connectivity index (χ4n) is 3.93. The Labute approximate surface area is 285 Å². The molecular weight excluding hydrogens is 586 g/mol. The van der Waals surface area contributed by atoms with Crippen LogP contribution in [0.15, 0.2) is 61.8 Å². The van der Waals surface area contributed by atoms with Crippen LogP contribution in [-0.2, 0) is 30.3 Å². The molecule has 0 atom stereocenters. The molecule has 0 aliphatic carbocycles. The monoisotopic (exact) mass is 650 g/mol. The van der Waals surface area contributed by atoms with Crippen molar-refractivity contribution in [2.75, 3.05) is 13.1 Å². The van der Waals surface area contributed by atoms with Gasteiger partial charge in [-0.25, -0.2) is 24.9 Å². The van der Waals surface area contributed by atoms with Crippen LogP contribution in [0.4, 0.5) is 0 Å². The molecule has 3 aromatic heterocycles. The van der Waals surface area contributed by atoms with Crippen molar-refractivity contribution < 1.29 is 4.42 Å². The van der Waals surface area contributed by atoms with Gasteiger partial charge in [0.2, 0.25) is 0 Å². The number of hydrogen-bond donors (Lipinski definition) is 0. The van der Waals surface area contributed by atoms with E-state index in [2.05, 4.69) is 150 Å². The molecule has 10 heteroatoms. The van der Waals surface area contributed by atoms with Crippen molar-refractivity contribution in [2.45, 2.75) is 120 Å². The van der Waals surface area contributed by atoms with E-state index in [4.69, 9.17) is 4.42 Å². The lowest BCUT2D eigenvalue weighted by atomic mass is 9.93. The predicted octanol–water partition coefficient (Wildman–Crippen LogP) is 8.44. The fraction of sp³-hybridized carbons (Fsp3) is 0.649. The van der Waals surface area contributed by atoms with E-state index >= 15 is 0 Å². The summed E-state index contributed by atoms with van der Waals surface area (Å²) >= 11 is 0. The summed E-state index contributed by atoms with van der Waals surface area (Å²) < 4.78 is 9.12. The van der Waals surface area contributed by atoms with E-state index < -0.39 is 0 Å². The van der Waals surface area contributed by atoms with Gasteiger partial charge in [0.25, 0.3) is 0 Å². The van der Waals surface area contributed by atoms with Crippen LogP contribution in [0.5, 0.6) is 0 Å². The van der Waals surface area contributed by atoms with Gasteiger partial charge in [-0.05, 0) is 0 Å². The number of hydrogen-bond acceptors (Lipinski definition) is 8. The van der Waals surface area contributed by atoms with E-state index in [9.17, 15) is 0 Å². The predicted molar refractivity (Wildman–Crippen MR) is 200 cm³/mol. The largest absolute Gasteiger partial charge is 0.448 e. The number of aliphatic imine (C=N–C) groups is 4. The molecular formula is C37H63N9O. The summed E-state index contributed by atoms with van der Waals surface area (Å²) in [6, 6.07) is 0. The molecule has 5 rings (SSSR count). The number of rotatable bonds is 0. The minimum atomic E-state index is 0.0451. The summed E-state index contributed by atoms with van der Waals surface area (Å²) in [5.74, 6) is 3.88. The van der Waals surface area contributed by atoms with Gasteiger partial charge in [-0.3, -0.25) is 9.98 Å². The molecule has 0 amide bonds. The van der Waals surface area contributed by atoms with Crippen LogP contribution in [0.3, 0.4) is 0 Å². The van der Waals surface area contributed by atoms with Gasteiger partial charge in [0, 0.05) is 72.2 Å². The molecule has 0 bridgehead atoms. The third kappa shape index (κ3) is 15.6. The second kappa shape index (κ2) is 16.9. The Bertz CT molecular complexity index is 1410. The zero-order chi connectivity index (χ0) is 36.3. The lowest BCUT2D eigenvalue weighted by Crippen LogP contribution is -2.16. The Morgan fingerprint density at radius 2 is 1.11 bits per heavy atom. The molecule has 0 N–H and O–H groups in total. The molecule has 0 saturated heterocycles. The van der Waals surface area contributed by atoms with Crippen molar-refractivity contribution in [3.63, 3.8) is 0 Å². The molecule has 262 valence electrons. The van der Waals surface area contributed by atoms with Crippen LogP contribution in [0.1, 0.15) is 121 Å². The lowest BCUT2D eigenvalue weighted by molar-refractivity contribution is 0.392. The maximum atomic E-state index is 5.09. The van der Waals surface area contributed by atoms with E-state index in [-0.39, 0.29) is 27.1 Å². The number of amidine groups is 2. The molecule has 2 aliphatic heterocycles. The molecule has 5 heterocycles. The maximum Gasteiger partial charge on any atom is 0.199 e. The van der Waals surface area contributed by atoms with Crippen molar-refractivity contribution >= 4 is 24.1 Å². The minimum absolute atomic E-state index is 0.0451. The Balaban J connectivity index is 0.000000294. The summed E-state index contributed by atoms with van der Waals surface area (Å²) in [5, 5.41) is 0. The van der Waals surface area contributed by atoms with Crippen LogP contribution in [0.2, 0.25) is 0 Å². The van der Waals surface area contributed by atoms with Gasteiger partial charge in [-0.15, -0.1) is 0 Å². The molecule has 0 aromatic carbocycles. The Morgan fingerprint density at radius 3 is 1.28 bits per heavy atom. The van der Waals surface area contributed by atoms with E-state index in [1.54, 1.807) is 12.5 Å². The molecule has 47 heavy (non-hydrogen) atoms. The number of aryl methyl sites for hydroxylation is 2. The average Bonchev–Trinajstić information content (AvgIpc) is 3.72. The lowest BCUT2D eigenvalue weighted by Gasteiger charge is -2.17. The first-order chi connectivity index (χ1) is 21.3. The smallest absolute Gasteiger partial charge is 0.199 e. The molecule has 2 aliphatic rings. The number of nitrogens with zero attached hydrogens (tertiary/aromatic N) is 9. The zero-order valence-corrected chi connectivity index (χ0v) is 32.5. The Kier molecular flexibility index (Phi) is 14.9. The molecule has 10 nitrogen and oxygen atoms in total. The van der Waals surface area contributed by atoms with Crippen LogP contribution in [-0.4, -0.2) is 61.3 Å². The fourth-order valence-corrected chi connectivity index (χ4v) is 3.93. The molecule has 0 radical (unpaired) electrons. The molecule has 0 spiro atoms. The van der Waals surface area contributed by atoms with Gasteiger partial charge in [0.1, 0.15) is 23.8 Å². The third-order valence-electron chi connectivity index (χ3n) is 6.45. The highest BCUT2D eigenvalue weighted by Gasteiger charge is 2.20. The van der Waals surface area contributed by atoms with Crippen molar-refractivity contribution in [1.82, 2.24) is 24.1 Å². The van der Waals surface area contributed by atoms with E-state index in [0.717, 1.165) is 42.2 Å². The van der Waals surface area contributed by atoms with Crippen molar-refractivity contribution in [3.8, 4) is 0 Å². The van der Waals surface area contributed by atoms with Crippen LogP contribution >= 0.6 is 0 Å². The second-order valence-electron chi connectivity index (χ2n) is 16.8. The van der Waals surface area contributed by atoms with Gasteiger partial charge in [0.05, 0.1) is 31.3 Å². The van der Waals surface area contributed by atoms with E-state index in [1.165, 1.54) is 0 Å². The van der Waals surface area contributed by atoms with Crippen LogP contribution < -0.4 is 0 Å². The minimum Gasteiger partial charge on any atom is -0.448 e. The van der Waals surface area contributed by atoms with Crippen LogP contribution in [0, 0.1) is 10.8 Å². The normalized spacial score (nSPS) is 14.4. The second-order valence-corrected chi connectivity index (χ2v) is 16.8. The summed E-state index contributed by atoms with van der Waals surface area (Å²) in [7, 11) is 4.01. The third-order valence-corrected chi connectivity index (χ3v) is 6.45. The first-order valence-corrected chi connectivity index (χ1v) is 16.3. The summed E-state index contributed by atoms with van der Waals surface area (Å²) in [6.45, 7) is 33.4. The number of imidazole rings is 2. The average molecular weight is 650 g/mol. The molecule has 0 unspecified atom stereocenters. The highest BCUT2D eigenvalue weighted by atomic mass is 16.3. The van der Waals surface area contributed by atoms with Gasteiger partial charge in [0.15, 0.2) is 5.89 Å². The molecule has 0 fully saturated rings. The highest BCUT2D eigenvalue weighted by molar-refractivity contribution is 5.98. The van der Waals surface area contributed by atoms with Crippen LogP contribution in [0.25, 0.3) is 0 Å². The topological polar surface area (TPSA) is 111 Å². The summed E-state index contributed by atoms with van der Waals surface area (Å²) in [6.07, 6.45) is 14.7. The van der Waals surface area contributed by atoms with Crippen molar-refractivity contribution in [2.24, 2.45) is 44.9 Å². The number of aromatic nitrogens is 5. The zero-order valence-electron chi connectivity index (χ0n) is 32.5. The highest BCUT2D eigenvalue weighted by Crippen LogP contribution is 2.21. The Morgan fingerprint density at radius 1 is 0.596 bits per heavy atom. The van der Waals surface area contributed by atoms with Gasteiger partial charge in [-0.2, -0.15) is 0 Å². The van der Waals surface area contributed by atoms with E-state index in [1.807, 2.05) is 49.8 Å². The first-order valence-electron chi connectivity index (χ1n) is 16.3. The van der Waals surface area contributed by atoms with Gasteiger partial charge in [-0.1, -0.05) is 104 Å². The van der Waals surface area contributed by atoms with Gasteiger partial charge >= 0.3 is 0 Å². The van der Waals surface area contributed by atoms with Gasteiger partial charge < -0.3 is 13.6 Å². The first kappa shape index (κ1) is 41.3. The van der Waals surface area contributed by atoms with Crippen molar-refractivity contribution in [1.29, 1.82) is 0 Å². The SMILES string of the molecule is CC(C)(C)C1=NCC=N1.CC(C)(C)C1=NCC=N1.CC(C)(C)c1ncco1.Cn1ccnc1C(C)(C)C.Cn1cnc(C(C)(C)C)c1. The summed E-state index contributed by atoms with van der Waals surface area (Å²) in [4.78, 5) is 29.2. The van der Waals surface area contributed by atoms with E-state index in [0.29, 0.717) is 0 Å². The Hall–Kier alpha value is -3.69. The molecule has 3 aromatic rings. The quantitative estimate of drug-likeness (QED) is 0.243. The number of oxazole rings is 1. The standard InChI is InChI=1S/2C8H14N2.2C7H12N2.C7H11NO/c1-8(2,3)7-5-10(4)6-9-7;1-8(2,3)7-9-5-6-10(7)4;3*1-7(2,3)6-8-4-5-9-6/h2*5-6H,1-4H3;2*4H,5H2,1-3H3;4-5H,1-3H3. The maximum absolute atomic E-state index is 5.09.